The van der Waals surface area contributed by atoms with Crippen molar-refractivity contribution in [2.75, 3.05) is 17.3 Å². The molecule has 2 heterocycles. The summed E-state index contributed by atoms with van der Waals surface area (Å²) in [6.45, 7) is 7.15. The molecule has 0 saturated carbocycles. The number of aryl methyl sites for hydroxylation is 2. The Morgan fingerprint density at radius 2 is 1.65 bits per heavy atom. The summed E-state index contributed by atoms with van der Waals surface area (Å²) >= 11 is 3.08. The quantitative estimate of drug-likeness (QED) is 0.913. The van der Waals surface area contributed by atoms with Crippen LogP contribution in [0.15, 0.2) is 12.4 Å². The van der Waals surface area contributed by atoms with Gasteiger partial charge in [0.2, 0.25) is 11.8 Å². The molecule has 0 unspecified atom stereocenters. The van der Waals surface area contributed by atoms with Crippen LogP contribution in [0.1, 0.15) is 37.4 Å². The number of carbonyl (C=O) groups excluding carboxylic acids is 2. The zero-order valence-electron chi connectivity index (χ0n) is 14.0. The molecule has 0 bridgehead atoms. The summed E-state index contributed by atoms with van der Waals surface area (Å²) in [7, 11) is 1.74. The van der Waals surface area contributed by atoms with E-state index in [0.717, 1.165) is 18.0 Å². The molecule has 2 rings (SSSR count). The van der Waals surface area contributed by atoms with Crippen molar-refractivity contribution in [3.05, 3.63) is 22.1 Å². The zero-order valence-corrected chi connectivity index (χ0v) is 15.7. The van der Waals surface area contributed by atoms with E-state index < -0.39 is 0 Å². The molecule has 8 heteroatoms. The summed E-state index contributed by atoms with van der Waals surface area (Å²) in [4.78, 5) is 33.6. The molecule has 0 aliphatic heterocycles. The molecule has 0 radical (unpaired) electrons. The second kappa shape index (κ2) is 9.36. The minimum atomic E-state index is -0.0676. The highest BCUT2D eigenvalue weighted by Gasteiger charge is 2.08. The number of rotatable bonds is 4. The third-order valence-electron chi connectivity index (χ3n) is 2.83. The third kappa shape index (κ3) is 6.45. The van der Waals surface area contributed by atoms with Gasteiger partial charge in [0.1, 0.15) is 0 Å². The predicted octanol–water partition coefficient (Wildman–Crippen LogP) is 3.35. The predicted molar refractivity (Wildman–Crippen MR) is 96.4 cm³/mol. The molecule has 0 fully saturated rings. The monoisotopic (exact) mass is 354 g/mol. The molecule has 1 N–H and O–H groups in total. The summed E-state index contributed by atoms with van der Waals surface area (Å²) in [6, 6.07) is 0. The van der Waals surface area contributed by atoms with E-state index in [2.05, 4.69) is 29.1 Å². The van der Waals surface area contributed by atoms with E-state index in [9.17, 15) is 9.59 Å². The van der Waals surface area contributed by atoms with Gasteiger partial charge in [0.25, 0.3) is 0 Å². The van der Waals surface area contributed by atoms with Crippen molar-refractivity contribution in [1.29, 1.82) is 0 Å². The molecule has 0 aliphatic carbocycles. The van der Waals surface area contributed by atoms with Gasteiger partial charge in [-0.2, -0.15) is 0 Å². The molecule has 126 valence electrons. The standard InChI is InChI=1S/C8H12N2OS.C7H10N2OS/c1-4-7-5-9-8(12-7)10(3)6(2)11;1-3-6-4-8-7(11-6)9-5(2)10/h5H,4H2,1-3H3;4H,3H2,1-2H3,(H,8,9,10). The molecule has 6 nitrogen and oxygen atoms in total. The van der Waals surface area contributed by atoms with Gasteiger partial charge in [-0.3, -0.25) is 14.5 Å². The first-order valence-electron chi connectivity index (χ1n) is 7.28. The van der Waals surface area contributed by atoms with Crippen molar-refractivity contribution in [3.63, 3.8) is 0 Å². The molecule has 23 heavy (non-hydrogen) atoms. The maximum atomic E-state index is 10.9. The second-order valence-electron chi connectivity index (χ2n) is 4.71. The molecule has 0 atom stereocenters. The van der Waals surface area contributed by atoms with Crippen molar-refractivity contribution < 1.29 is 9.59 Å². The van der Waals surface area contributed by atoms with Gasteiger partial charge in [0.05, 0.1) is 0 Å². The van der Waals surface area contributed by atoms with Crippen LogP contribution >= 0.6 is 22.7 Å². The molecule has 0 aliphatic rings. The maximum Gasteiger partial charge on any atom is 0.225 e. The van der Waals surface area contributed by atoms with Gasteiger partial charge in [-0.25, -0.2) is 9.97 Å². The number of hydrogen-bond acceptors (Lipinski definition) is 6. The highest BCUT2D eigenvalue weighted by Crippen LogP contribution is 2.21. The number of anilines is 2. The summed E-state index contributed by atoms with van der Waals surface area (Å²) < 4.78 is 0. The van der Waals surface area contributed by atoms with E-state index in [1.165, 1.54) is 34.9 Å². The Hall–Kier alpha value is -1.80. The highest BCUT2D eigenvalue weighted by molar-refractivity contribution is 7.16. The van der Waals surface area contributed by atoms with Gasteiger partial charge in [0.15, 0.2) is 10.3 Å². The summed E-state index contributed by atoms with van der Waals surface area (Å²) in [5.74, 6) is -0.0472. The van der Waals surface area contributed by atoms with Crippen LogP contribution in [-0.4, -0.2) is 28.8 Å². The first-order valence-corrected chi connectivity index (χ1v) is 8.91. The fourth-order valence-electron chi connectivity index (χ4n) is 1.43. The Balaban J connectivity index is 0.000000231. The van der Waals surface area contributed by atoms with Crippen molar-refractivity contribution in [1.82, 2.24) is 9.97 Å². The second-order valence-corrected chi connectivity index (χ2v) is 6.92. The number of carbonyl (C=O) groups is 2. The average molecular weight is 355 g/mol. The average Bonchev–Trinajstić information content (AvgIpc) is 3.15. The fraction of sp³-hybridized carbons (Fsp3) is 0.467. The molecule has 0 aromatic carbocycles. The lowest BCUT2D eigenvalue weighted by Gasteiger charge is -2.09. The van der Waals surface area contributed by atoms with E-state index in [-0.39, 0.29) is 11.8 Å². The molecular weight excluding hydrogens is 332 g/mol. The van der Waals surface area contributed by atoms with E-state index in [4.69, 9.17) is 0 Å². The Morgan fingerprint density at radius 1 is 1.09 bits per heavy atom. The van der Waals surface area contributed by atoms with E-state index in [1.807, 2.05) is 6.20 Å². The molecule has 0 saturated heterocycles. The molecule has 2 amide bonds. The molecule has 0 spiro atoms. The van der Waals surface area contributed by atoms with E-state index in [0.29, 0.717) is 5.13 Å². The topological polar surface area (TPSA) is 75.2 Å². The lowest BCUT2D eigenvalue weighted by atomic mass is 10.4. The van der Waals surface area contributed by atoms with Gasteiger partial charge in [-0.15, -0.1) is 22.7 Å². The van der Waals surface area contributed by atoms with Gasteiger partial charge in [0, 0.05) is 43.0 Å². The number of amides is 2. The molecular formula is C15H22N4O2S2. The Morgan fingerprint density at radius 3 is 2.09 bits per heavy atom. The smallest absolute Gasteiger partial charge is 0.225 e. The lowest BCUT2D eigenvalue weighted by molar-refractivity contribution is -0.116. The number of hydrogen-bond donors (Lipinski definition) is 1. The maximum absolute atomic E-state index is 10.9. The van der Waals surface area contributed by atoms with Gasteiger partial charge in [-0.05, 0) is 12.8 Å². The first kappa shape index (κ1) is 19.2. The Kier molecular flexibility index (Phi) is 7.84. The Bertz CT molecular complexity index is 651. The SMILES string of the molecule is CCc1cnc(N(C)C(C)=O)s1.CCc1cnc(NC(C)=O)s1. The minimum absolute atomic E-state index is 0.0204. The number of thiazole rings is 2. The summed E-state index contributed by atoms with van der Waals surface area (Å²) in [6.07, 6.45) is 5.55. The van der Waals surface area contributed by atoms with E-state index >= 15 is 0 Å². The first-order chi connectivity index (χ1) is 10.9. The largest absolute Gasteiger partial charge is 0.302 e. The molecule has 2 aromatic heterocycles. The fourth-order valence-corrected chi connectivity index (χ4v) is 3.08. The van der Waals surface area contributed by atoms with Crippen molar-refractivity contribution in [2.45, 2.75) is 40.5 Å². The van der Waals surface area contributed by atoms with Crippen LogP contribution in [0.4, 0.5) is 10.3 Å². The number of nitrogens with zero attached hydrogens (tertiary/aromatic N) is 3. The lowest BCUT2D eigenvalue weighted by Crippen LogP contribution is -2.22. The van der Waals surface area contributed by atoms with Gasteiger partial charge >= 0.3 is 0 Å². The minimum Gasteiger partial charge on any atom is -0.302 e. The van der Waals surface area contributed by atoms with Crippen molar-refractivity contribution in [3.8, 4) is 0 Å². The van der Waals surface area contributed by atoms with Crippen LogP contribution in [0.3, 0.4) is 0 Å². The van der Waals surface area contributed by atoms with Gasteiger partial charge in [-0.1, -0.05) is 13.8 Å². The highest BCUT2D eigenvalue weighted by atomic mass is 32.1. The van der Waals surface area contributed by atoms with Crippen molar-refractivity contribution in [2.24, 2.45) is 0 Å². The third-order valence-corrected chi connectivity index (χ3v) is 5.11. The summed E-state index contributed by atoms with van der Waals surface area (Å²) in [5, 5.41) is 4.09. The number of nitrogens with one attached hydrogen (secondary N) is 1. The van der Waals surface area contributed by atoms with Crippen LogP contribution in [0.5, 0.6) is 0 Å². The zero-order chi connectivity index (χ0) is 17.4. The van der Waals surface area contributed by atoms with E-state index in [1.54, 1.807) is 29.5 Å². The summed E-state index contributed by atoms with van der Waals surface area (Å²) in [5.41, 5.74) is 0. The van der Waals surface area contributed by atoms with Crippen LogP contribution in [0.2, 0.25) is 0 Å². The molecule has 2 aromatic rings. The van der Waals surface area contributed by atoms with Gasteiger partial charge < -0.3 is 5.32 Å². The van der Waals surface area contributed by atoms with Crippen LogP contribution in [0.25, 0.3) is 0 Å². The van der Waals surface area contributed by atoms with Crippen LogP contribution in [-0.2, 0) is 22.4 Å². The van der Waals surface area contributed by atoms with Crippen LogP contribution in [0, 0.1) is 0 Å². The van der Waals surface area contributed by atoms with Crippen molar-refractivity contribution >= 4 is 44.8 Å². The normalized spacial score (nSPS) is 9.78. The number of aromatic nitrogens is 2. The van der Waals surface area contributed by atoms with Crippen LogP contribution < -0.4 is 10.2 Å². The Labute approximate surface area is 144 Å².